The highest BCUT2D eigenvalue weighted by Crippen LogP contribution is 2.29. The van der Waals surface area contributed by atoms with Crippen LogP contribution in [0.4, 0.5) is 0 Å². The largest absolute Gasteiger partial charge is 0.489 e. The Balaban J connectivity index is 1.96. The fourth-order valence-corrected chi connectivity index (χ4v) is 2.15. The molecule has 3 nitrogen and oxygen atoms in total. The Morgan fingerprint density at radius 1 is 1.37 bits per heavy atom. The molecule has 0 radical (unpaired) electrons. The molecule has 0 amide bonds. The van der Waals surface area contributed by atoms with Crippen LogP contribution in [0.25, 0.3) is 0 Å². The van der Waals surface area contributed by atoms with Gasteiger partial charge in [-0.05, 0) is 56.7 Å². The van der Waals surface area contributed by atoms with Gasteiger partial charge in [-0.1, -0.05) is 13.8 Å². The van der Waals surface area contributed by atoms with Gasteiger partial charge in [0, 0.05) is 12.2 Å². The van der Waals surface area contributed by atoms with Crippen LogP contribution in [0.15, 0.2) is 18.5 Å². The van der Waals surface area contributed by atoms with Gasteiger partial charge in [-0.2, -0.15) is 0 Å². The van der Waals surface area contributed by atoms with Gasteiger partial charge in [-0.25, -0.2) is 0 Å². The zero-order chi connectivity index (χ0) is 13.9. The summed E-state index contributed by atoms with van der Waals surface area (Å²) in [5.74, 6) is 0.871. The maximum atomic E-state index is 5.72. The van der Waals surface area contributed by atoms with Gasteiger partial charge in [0.2, 0.25) is 0 Å². The lowest BCUT2D eigenvalue weighted by atomic mass is 9.82. The van der Waals surface area contributed by atoms with E-state index in [4.69, 9.17) is 4.74 Å². The first kappa shape index (κ1) is 14.3. The van der Waals surface area contributed by atoms with Gasteiger partial charge in [0.1, 0.15) is 5.75 Å². The van der Waals surface area contributed by atoms with Crippen molar-refractivity contribution in [3.63, 3.8) is 0 Å². The summed E-state index contributed by atoms with van der Waals surface area (Å²) < 4.78 is 5.72. The Bertz CT molecular complexity index is 411. The maximum absolute atomic E-state index is 5.72. The number of hydrogen-bond acceptors (Lipinski definition) is 3. The lowest BCUT2D eigenvalue weighted by Gasteiger charge is -2.25. The van der Waals surface area contributed by atoms with E-state index in [1.54, 1.807) is 6.20 Å². The molecule has 2 rings (SSSR count). The number of nitrogens with one attached hydrogen (secondary N) is 1. The van der Waals surface area contributed by atoms with Crippen LogP contribution >= 0.6 is 0 Å². The van der Waals surface area contributed by atoms with Gasteiger partial charge in [-0.3, -0.25) is 4.98 Å². The molecule has 0 bridgehead atoms. The van der Waals surface area contributed by atoms with Gasteiger partial charge in [0.15, 0.2) is 0 Å². The van der Waals surface area contributed by atoms with Crippen LogP contribution in [-0.2, 0) is 5.41 Å². The Kier molecular flexibility index (Phi) is 4.46. The average Bonchev–Trinajstić information content (AvgIpc) is 3.12. The highest BCUT2D eigenvalue weighted by molar-refractivity contribution is 5.29. The SMILES string of the molecule is CC(C)Oc1cncc(C(C)(C)CCNC2CC2)c1. The number of pyridine rings is 1. The van der Waals surface area contributed by atoms with Gasteiger partial charge < -0.3 is 10.1 Å². The molecule has 0 atom stereocenters. The summed E-state index contributed by atoms with van der Waals surface area (Å²) in [6.45, 7) is 9.71. The molecule has 0 aliphatic heterocycles. The van der Waals surface area contributed by atoms with Crippen molar-refractivity contribution in [2.45, 2.75) is 64.5 Å². The first-order valence-corrected chi connectivity index (χ1v) is 7.33. The molecule has 1 aromatic rings. The second kappa shape index (κ2) is 5.91. The summed E-state index contributed by atoms with van der Waals surface area (Å²) in [7, 11) is 0. The average molecular weight is 262 g/mol. The lowest BCUT2D eigenvalue weighted by molar-refractivity contribution is 0.240. The van der Waals surface area contributed by atoms with Crippen molar-refractivity contribution in [2.24, 2.45) is 0 Å². The standard InChI is InChI=1S/C16H26N2O/c1-12(2)19-15-9-13(10-17-11-15)16(3,4)7-8-18-14-5-6-14/h9-12,14,18H,5-8H2,1-4H3. The van der Waals surface area contributed by atoms with Crippen LogP contribution < -0.4 is 10.1 Å². The highest BCUT2D eigenvalue weighted by atomic mass is 16.5. The fraction of sp³-hybridized carbons (Fsp3) is 0.688. The second-order valence-electron chi connectivity index (χ2n) is 6.44. The van der Waals surface area contributed by atoms with Crippen molar-refractivity contribution in [3.05, 3.63) is 24.0 Å². The number of nitrogens with zero attached hydrogens (tertiary/aromatic N) is 1. The third kappa shape index (κ3) is 4.50. The van der Waals surface area contributed by atoms with Gasteiger partial charge in [0.05, 0.1) is 12.3 Å². The van der Waals surface area contributed by atoms with E-state index < -0.39 is 0 Å². The minimum absolute atomic E-state index is 0.130. The topological polar surface area (TPSA) is 34.1 Å². The molecule has 1 aliphatic rings. The quantitative estimate of drug-likeness (QED) is 0.818. The minimum atomic E-state index is 0.130. The zero-order valence-electron chi connectivity index (χ0n) is 12.6. The summed E-state index contributed by atoms with van der Waals surface area (Å²) >= 11 is 0. The normalized spacial score (nSPS) is 15.8. The molecule has 106 valence electrons. The van der Waals surface area contributed by atoms with E-state index in [1.165, 1.54) is 18.4 Å². The molecular formula is C16H26N2O. The van der Waals surface area contributed by atoms with Crippen LogP contribution in [0.5, 0.6) is 5.75 Å². The van der Waals surface area contributed by atoms with Crippen LogP contribution in [-0.4, -0.2) is 23.7 Å². The van der Waals surface area contributed by atoms with Crippen molar-refractivity contribution in [3.8, 4) is 5.75 Å². The fourth-order valence-electron chi connectivity index (χ4n) is 2.15. The van der Waals surface area contributed by atoms with E-state index in [0.717, 1.165) is 24.8 Å². The number of rotatable bonds is 7. The molecular weight excluding hydrogens is 236 g/mol. The Labute approximate surface area is 116 Å². The van der Waals surface area contributed by atoms with Crippen molar-refractivity contribution in [2.75, 3.05) is 6.54 Å². The smallest absolute Gasteiger partial charge is 0.138 e. The van der Waals surface area contributed by atoms with Crippen molar-refractivity contribution in [1.29, 1.82) is 0 Å². The third-order valence-corrected chi connectivity index (χ3v) is 3.63. The summed E-state index contributed by atoms with van der Waals surface area (Å²) in [5, 5.41) is 3.58. The first-order chi connectivity index (χ1) is 8.97. The van der Waals surface area contributed by atoms with Crippen molar-refractivity contribution in [1.82, 2.24) is 10.3 Å². The predicted molar refractivity (Wildman–Crippen MR) is 78.7 cm³/mol. The van der Waals surface area contributed by atoms with E-state index in [2.05, 4.69) is 30.2 Å². The molecule has 3 heteroatoms. The van der Waals surface area contributed by atoms with Crippen LogP contribution in [0.2, 0.25) is 0 Å². The predicted octanol–water partition coefficient (Wildman–Crippen LogP) is 3.29. The van der Waals surface area contributed by atoms with E-state index in [-0.39, 0.29) is 11.5 Å². The van der Waals surface area contributed by atoms with Crippen LogP contribution in [0.1, 0.15) is 52.5 Å². The molecule has 19 heavy (non-hydrogen) atoms. The Hall–Kier alpha value is -1.09. The molecule has 1 heterocycles. The summed E-state index contributed by atoms with van der Waals surface area (Å²) in [6, 6.07) is 2.91. The molecule has 1 fully saturated rings. The molecule has 1 aromatic heterocycles. The number of aromatic nitrogens is 1. The second-order valence-corrected chi connectivity index (χ2v) is 6.44. The molecule has 1 N–H and O–H groups in total. The molecule has 1 saturated carbocycles. The summed E-state index contributed by atoms with van der Waals surface area (Å²) in [4.78, 5) is 4.31. The lowest BCUT2D eigenvalue weighted by Crippen LogP contribution is -2.26. The molecule has 0 unspecified atom stereocenters. The Morgan fingerprint density at radius 3 is 2.74 bits per heavy atom. The van der Waals surface area contributed by atoms with Crippen molar-refractivity contribution < 1.29 is 4.74 Å². The van der Waals surface area contributed by atoms with Crippen molar-refractivity contribution >= 4 is 0 Å². The minimum Gasteiger partial charge on any atom is -0.489 e. The van der Waals surface area contributed by atoms with E-state index in [1.807, 2.05) is 20.0 Å². The van der Waals surface area contributed by atoms with Gasteiger partial charge in [0.25, 0.3) is 0 Å². The number of ether oxygens (including phenoxy) is 1. The molecule has 1 aliphatic carbocycles. The molecule has 0 aromatic carbocycles. The Morgan fingerprint density at radius 2 is 2.11 bits per heavy atom. The first-order valence-electron chi connectivity index (χ1n) is 7.33. The summed E-state index contributed by atoms with van der Waals surface area (Å²) in [5.41, 5.74) is 1.38. The number of hydrogen-bond donors (Lipinski definition) is 1. The monoisotopic (exact) mass is 262 g/mol. The highest BCUT2D eigenvalue weighted by Gasteiger charge is 2.24. The van der Waals surface area contributed by atoms with Gasteiger partial charge in [-0.15, -0.1) is 0 Å². The zero-order valence-corrected chi connectivity index (χ0v) is 12.6. The molecule has 0 spiro atoms. The van der Waals surface area contributed by atoms with E-state index in [9.17, 15) is 0 Å². The summed E-state index contributed by atoms with van der Waals surface area (Å²) in [6.07, 6.45) is 7.76. The van der Waals surface area contributed by atoms with Crippen LogP contribution in [0.3, 0.4) is 0 Å². The van der Waals surface area contributed by atoms with E-state index >= 15 is 0 Å². The van der Waals surface area contributed by atoms with Gasteiger partial charge >= 0.3 is 0 Å². The third-order valence-electron chi connectivity index (χ3n) is 3.63. The van der Waals surface area contributed by atoms with Crippen LogP contribution in [0, 0.1) is 0 Å². The van der Waals surface area contributed by atoms with E-state index in [0.29, 0.717) is 0 Å². The maximum Gasteiger partial charge on any atom is 0.138 e. The molecule has 0 saturated heterocycles.